The SMILES string of the molecule is C=C(CC)CC(NCCC)c1ccc(Br)cn1. The van der Waals surface area contributed by atoms with Crippen molar-refractivity contribution in [1.82, 2.24) is 10.3 Å². The van der Waals surface area contributed by atoms with E-state index < -0.39 is 0 Å². The first-order chi connectivity index (χ1) is 8.17. The lowest BCUT2D eigenvalue weighted by atomic mass is 10.0. The predicted octanol–water partition coefficient (Wildman–Crippen LogP) is 4.24. The third kappa shape index (κ3) is 5.00. The molecule has 0 aliphatic rings. The minimum Gasteiger partial charge on any atom is -0.308 e. The first kappa shape index (κ1) is 14.4. The Morgan fingerprint density at radius 1 is 1.47 bits per heavy atom. The van der Waals surface area contributed by atoms with Gasteiger partial charge >= 0.3 is 0 Å². The minimum atomic E-state index is 0.288. The molecule has 0 saturated carbocycles. The molecule has 94 valence electrons. The number of pyridine rings is 1. The summed E-state index contributed by atoms with van der Waals surface area (Å²) in [4.78, 5) is 4.47. The molecule has 1 unspecified atom stereocenters. The van der Waals surface area contributed by atoms with Crippen molar-refractivity contribution in [2.24, 2.45) is 0 Å². The van der Waals surface area contributed by atoms with Crippen LogP contribution in [0, 0.1) is 0 Å². The maximum absolute atomic E-state index is 4.47. The lowest BCUT2D eigenvalue weighted by Gasteiger charge is -2.19. The highest BCUT2D eigenvalue weighted by atomic mass is 79.9. The Balaban J connectivity index is 2.74. The van der Waals surface area contributed by atoms with E-state index in [9.17, 15) is 0 Å². The molecule has 0 bridgehead atoms. The molecule has 0 aliphatic carbocycles. The van der Waals surface area contributed by atoms with Crippen LogP contribution in [0.2, 0.25) is 0 Å². The van der Waals surface area contributed by atoms with Crippen LogP contribution in [-0.2, 0) is 0 Å². The zero-order chi connectivity index (χ0) is 12.7. The van der Waals surface area contributed by atoms with Crippen molar-refractivity contribution in [2.75, 3.05) is 6.54 Å². The molecule has 0 saturated heterocycles. The van der Waals surface area contributed by atoms with E-state index in [1.165, 1.54) is 5.57 Å². The number of hydrogen-bond acceptors (Lipinski definition) is 2. The summed E-state index contributed by atoms with van der Waals surface area (Å²) in [5, 5.41) is 3.53. The molecule has 17 heavy (non-hydrogen) atoms. The maximum atomic E-state index is 4.47. The van der Waals surface area contributed by atoms with Crippen LogP contribution in [0.5, 0.6) is 0 Å². The van der Waals surface area contributed by atoms with Gasteiger partial charge in [-0.25, -0.2) is 0 Å². The van der Waals surface area contributed by atoms with Gasteiger partial charge in [-0.1, -0.05) is 26.0 Å². The van der Waals surface area contributed by atoms with Gasteiger partial charge in [0.1, 0.15) is 0 Å². The summed E-state index contributed by atoms with van der Waals surface area (Å²) in [5.41, 5.74) is 2.36. The molecule has 0 spiro atoms. The Morgan fingerprint density at radius 3 is 2.76 bits per heavy atom. The molecule has 1 rings (SSSR count). The molecule has 0 amide bonds. The van der Waals surface area contributed by atoms with Crippen LogP contribution in [0.3, 0.4) is 0 Å². The number of rotatable bonds is 7. The number of aromatic nitrogens is 1. The standard InChI is InChI=1S/C14H21BrN2/c1-4-8-16-14(9-11(3)5-2)13-7-6-12(15)10-17-13/h6-7,10,14,16H,3-5,8-9H2,1-2H3. The molecule has 0 aliphatic heterocycles. The summed E-state index contributed by atoms with van der Waals surface area (Å²) < 4.78 is 1.02. The van der Waals surface area contributed by atoms with Gasteiger partial charge in [0.05, 0.1) is 11.7 Å². The van der Waals surface area contributed by atoms with Gasteiger partial charge in [0.25, 0.3) is 0 Å². The monoisotopic (exact) mass is 296 g/mol. The van der Waals surface area contributed by atoms with Crippen molar-refractivity contribution >= 4 is 15.9 Å². The van der Waals surface area contributed by atoms with Crippen molar-refractivity contribution < 1.29 is 0 Å². The molecule has 1 atom stereocenters. The zero-order valence-corrected chi connectivity index (χ0v) is 12.3. The Kier molecular flexibility index (Phi) is 6.45. The van der Waals surface area contributed by atoms with Gasteiger partial charge in [-0.15, -0.1) is 0 Å². The minimum absolute atomic E-state index is 0.288. The molecule has 1 aromatic heterocycles. The molecular formula is C14H21BrN2. The second-order valence-corrected chi connectivity index (χ2v) is 5.13. The number of halogens is 1. The third-order valence-corrected chi connectivity index (χ3v) is 3.21. The van der Waals surface area contributed by atoms with Gasteiger partial charge in [-0.2, -0.15) is 0 Å². The van der Waals surface area contributed by atoms with E-state index >= 15 is 0 Å². The van der Waals surface area contributed by atoms with Crippen molar-refractivity contribution in [2.45, 2.75) is 39.2 Å². The van der Waals surface area contributed by atoms with Gasteiger partial charge in [-0.05, 0) is 53.9 Å². The van der Waals surface area contributed by atoms with Crippen molar-refractivity contribution in [3.63, 3.8) is 0 Å². The van der Waals surface area contributed by atoms with Gasteiger partial charge in [0.15, 0.2) is 0 Å². The molecule has 2 nitrogen and oxygen atoms in total. The largest absolute Gasteiger partial charge is 0.308 e. The molecule has 3 heteroatoms. The fourth-order valence-corrected chi connectivity index (χ4v) is 1.86. The Labute approximate surface area is 113 Å². The zero-order valence-electron chi connectivity index (χ0n) is 10.7. The quantitative estimate of drug-likeness (QED) is 0.761. The fraction of sp³-hybridized carbons (Fsp3) is 0.500. The molecule has 0 radical (unpaired) electrons. The summed E-state index contributed by atoms with van der Waals surface area (Å²) in [6.07, 6.45) is 4.97. The molecule has 0 aromatic carbocycles. The third-order valence-electron chi connectivity index (χ3n) is 2.74. The van der Waals surface area contributed by atoms with E-state index in [-0.39, 0.29) is 6.04 Å². The van der Waals surface area contributed by atoms with Crippen LogP contribution < -0.4 is 5.32 Å². The van der Waals surface area contributed by atoms with Crippen molar-refractivity contribution in [1.29, 1.82) is 0 Å². The highest BCUT2D eigenvalue weighted by molar-refractivity contribution is 9.10. The van der Waals surface area contributed by atoms with Crippen LogP contribution in [0.1, 0.15) is 44.8 Å². The fourth-order valence-electron chi connectivity index (χ4n) is 1.63. The smallest absolute Gasteiger partial charge is 0.0577 e. The molecule has 1 heterocycles. The summed E-state index contributed by atoms with van der Waals surface area (Å²) >= 11 is 3.41. The van der Waals surface area contributed by atoms with E-state index in [4.69, 9.17) is 0 Å². The lowest BCUT2D eigenvalue weighted by molar-refractivity contribution is 0.512. The van der Waals surface area contributed by atoms with Gasteiger partial charge < -0.3 is 5.32 Å². The summed E-state index contributed by atoms with van der Waals surface area (Å²) in [5.74, 6) is 0. The van der Waals surface area contributed by atoms with E-state index in [0.29, 0.717) is 0 Å². The van der Waals surface area contributed by atoms with Crippen molar-refractivity contribution in [3.05, 3.63) is 40.6 Å². The van der Waals surface area contributed by atoms with Gasteiger partial charge in [0, 0.05) is 10.7 Å². The average molecular weight is 297 g/mol. The molecule has 1 aromatic rings. The summed E-state index contributed by atoms with van der Waals surface area (Å²) in [6.45, 7) is 9.42. The number of nitrogens with one attached hydrogen (secondary N) is 1. The number of nitrogens with zero attached hydrogens (tertiary/aromatic N) is 1. The first-order valence-corrected chi connectivity index (χ1v) is 6.98. The van der Waals surface area contributed by atoms with Crippen LogP contribution in [0.25, 0.3) is 0 Å². The summed E-state index contributed by atoms with van der Waals surface area (Å²) in [6, 6.07) is 4.40. The van der Waals surface area contributed by atoms with E-state index in [1.807, 2.05) is 12.3 Å². The second-order valence-electron chi connectivity index (χ2n) is 4.22. The molecule has 1 N–H and O–H groups in total. The van der Waals surface area contributed by atoms with Crippen LogP contribution in [0.15, 0.2) is 35.0 Å². The Hall–Kier alpha value is -0.670. The highest BCUT2D eigenvalue weighted by Gasteiger charge is 2.12. The van der Waals surface area contributed by atoms with E-state index in [0.717, 1.165) is 36.0 Å². The summed E-state index contributed by atoms with van der Waals surface area (Å²) in [7, 11) is 0. The highest BCUT2D eigenvalue weighted by Crippen LogP contribution is 2.21. The second kappa shape index (κ2) is 7.62. The molecular weight excluding hydrogens is 276 g/mol. The van der Waals surface area contributed by atoms with Crippen molar-refractivity contribution in [3.8, 4) is 0 Å². The Morgan fingerprint density at radius 2 is 2.24 bits per heavy atom. The lowest BCUT2D eigenvalue weighted by Crippen LogP contribution is -2.23. The van der Waals surface area contributed by atoms with Crippen LogP contribution >= 0.6 is 15.9 Å². The van der Waals surface area contributed by atoms with E-state index in [1.54, 1.807) is 0 Å². The normalized spacial score (nSPS) is 12.4. The van der Waals surface area contributed by atoms with E-state index in [2.05, 4.69) is 52.7 Å². The molecule has 0 fully saturated rings. The van der Waals surface area contributed by atoms with Crippen LogP contribution in [0.4, 0.5) is 0 Å². The average Bonchev–Trinajstić information content (AvgIpc) is 2.35. The van der Waals surface area contributed by atoms with Gasteiger partial charge in [-0.3, -0.25) is 4.98 Å². The first-order valence-electron chi connectivity index (χ1n) is 6.18. The van der Waals surface area contributed by atoms with Crippen LogP contribution in [-0.4, -0.2) is 11.5 Å². The van der Waals surface area contributed by atoms with Gasteiger partial charge in [0.2, 0.25) is 0 Å². The number of hydrogen-bond donors (Lipinski definition) is 1. The Bertz CT molecular complexity index is 346. The predicted molar refractivity (Wildman–Crippen MR) is 77.0 cm³/mol. The maximum Gasteiger partial charge on any atom is 0.0577 e. The topological polar surface area (TPSA) is 24.9 Å².